The van der Waals surface area contributed by atoms with E-state index in [1.165, 1.54) is 28.1 Å². The standard InChI is InChI=1S/C6H12O3.C5H12O2.C4H9NO2.C4H9NO.C4H8O2.7CH4/c1-3-6(8)4-9-5(2)7;1-3-5(6)4-7-2;1-3-5-4(6)7-2;1-3-5-4(2)6;1-3-4(5)6-2;;;;;;;/h6,8H,3-4H2,1-2H3;5-6H,3-4H2,1-2H3;3H2,1-2H3,(H,5,6);3H2,1-2H3,(H,5,6);3H2,1-2H3;7*1H4. The first-order valence-corrected chi connectivity index (χ1v) is 11.5. The summed E-state index contributed by atoms with van der Waals surface area (Å²) in [5, 5.41) is 22.6. The highest BCUT2D eigenvalue weighted by Gasteiger charge is 2.01. The van der Waals surface area contributed by atoms with E-state index in [2.05, 4.69) is 29.6 Å². The summed E-state index contributed by atoms with van der Waals surface area (Å²) >= 11 is 0. The van der Waals surface area contributed by atoms with Gasteiger partial charge in [-0.25, -0.2) is 4.79 Å². The van der Waals surface area contributed by atoms with Crippen molar-refractivity contribution in [1.82, 2.24) is 10.6 Å². The molecule has 0 aromatic carbocycles. The second-order valence-electron chi connectivity index (χ2n) is 6.42. The molecule has 0 saturated carbocycles. The van der Waals surface area contributed by atoms with Crippen molar-refractivity contribution in [3.8, 4) is 0 Å². The van der Waals surface area contributed by atoms with Crippen molar-refractivity contribution in [2.24, 2.45) is 0 Å². The van der Waals surface area contributed by atoms with Gasteiger partial charge >= 0.3 is 18.0 Å². The lowest BCUT2D eigenvalue weighted by Gasteiger charge is -2.05. The molecule has 42 heavy (non-hydrogen) atoms. The molecule has 12 nitrogen and oxygen atoms in total. The highest BCUT2D eigenvalue weighted by molar-refractivity contribution is 5.72. The van der Waals surface area contributed by atoms with Gasteiger partial charge in [-0.05, 0) is 26.7 Å². The Balaban J connectivity index is -0.0000000259. The van der Waals surface area contributed by atoms with Gasteiger partial charge in [-0.2, -0.15) is 0 Å². The molecule has 0 saturated heterocycles. The Morgan fingerprint density at radius 1 is 0.643 bits per heavy atom. The Hall–Kier alpha value is -2.44. The fourth-order valence-electron chi connectivity index (χ4n) is 1.25. The smallest absolute Gasteiger partial charge is 0.406 e. The second kappa shape index (κ2) is 66.7. The molecule has 0 aliphatic carbocycles. The van der Waals surface area contributed by atoms with Gasteiger partial charge in [0.25, 0.3) is 0 Å². The molecule has 2 unspecified atom stereocenters. The van der Waals surface area contributed by atoms with Gasteiger partial charge in [0, 0.05) is 40.5 Å². The highest BCUT2D eigenvalue weighted by Crippen LogP contribution is 1.90. The van der Waals surface area contributed by atoms with Crippen LogP contribution in [-0.4, -0.2) is 94.0 Å². The van der Waals surface area contributed by atoms with Crippen molar-refractivity contribution < 1.29 is 48.3 Å². The van der Waals surface area contributed by atoms with Crippen LogP contribution in [0.25, 0.3) is 0 Å². The van der Waals surface area contributed by atoms with E-state index in [0.29, 0.717) is 26.0 Å². The quantitative estimate of drug-likeness (QED) is 0.169. The zero-order valence-electron chi connectivity index (χ0n) is 23.3. The molecular weight excluding hydrogens is 548 g/mol. The number of ether oxygens (including phenoxy) is 4. The number of esters is 2. The van der Waals surface area contributed by atoms with E-state index in [4.69, 9.17) is 10.2 Å². The predicted octanol–water partition coefficient (Wildman–Crippen LogP) is 6.25. The third-order valence-electron chi connectivity index (χ3n) is 3.23. The van der Waals surface area contributed by atoms with Gasteiger partial charge in [0.2, 0.25) is 5.91 Å². The predicted molar refractivity (Wildman–Crippen MR) is 181 cm³/mol. The van der Waals surface area contributed by atoms with E-state index in [1.807, 2.05) is 27.7 Å². The maximum Gasteiger partial charge on any atom is 0.406 e. The molecule has 12 heteroatoms. The molecule has 0 aromatic rings. The van der Waals surface area contributed by atoms with Crippen molar-refractivity contribution in [3.63, 3.8) is 0 Å². The van der Waals surface area contributed by atoms with E-state index in [0.717, 1.165) is 13.0 Å². The highest BCUT2D eigenvalue weighted by atomic mass is 16.5. The number of aliphatic hydroxyl groups is 2. The summed E-state index contributed by atoms with van der Waals surface area (Å²) < 4.78 is 17.7. The molecule has 4 N–H and O–H groups in total. The molecule has 0 heterocycles. The first kappa shape index (κ1) is 77.4. The molecule has 268 valence electrons. The number of carbonyl (C=O) groups excluding carboxylic acids is 4. The molecule has 0 fully saturated rings. The lowest BCUT2D eigenvalue weighted by Crippen LogP contribution is -2.21. The van der Waals surface area contributed by atoms with Crippen LogP contribution < -0.4 is 10.6 Å². The molecule has 2 amide bonds. The van der Waals surface area contributed by atoms with E-state index in [-0.39, 0.29) is 88.6 Å². The number of aliphatic hydroxyl groups excluding tert-OH is 2. The first-order valence-electron chi connectivity index (χ1n) is 11.5. The van der Waals surface area contributed by atoms with Crippen LogP contribution in [0, 0.1) is 0 Å². The Kier molecular flexibility index (Phi) is 123. The molecule has 0 radical (unpaired) electrons. The van der Waals surface area contributed by atoms with Gasteiger partial charge in [-0.1, -0.05) is 72.8 Å². The number of alkyl carbamates (subject to hydrolysis) is 1. The monoisotopic (exact) mass is 627 g/mol. The lowest BCUT2D eigenvalue weighted by molar-refractivity contribution is -0.144. The maximum atomic E-state index is 10.1. The number of amides is 2. The third kappa shape index (κ3) is 108. The Bertz CT molecular complexity index is 489. The van der Waals surface area contributed by atoms with E-state index in [1.54, 1.807) is 14.0 Å². The van der Waals surface area contributed by atoms with Gasteiger partial charge in [-0.3, -0.25) is 14.4 Å². The van der Waals surface area contributed by atoms with Crippen LogP contribution in [0.5, 0.6) is 0 Å². The first-order chi connectivity index (χ1) is 16.4. The summed E-state index contributed by atoms with van der Waals surface area (Å²) in [6.45, 7) is 14.0. The largest absolute Gasteiger partial charge is 0.469 e. The van der Waals surface area contributed by atoms with Crippen LogP contribution >= 0.6 is 0 Å². The van der Waals surface area contributed by atoms with Crippen molar-refractivity contribution in [1.29, 1.82) is 0 Å². The summed E-state index contributed by atoms with van der Waals surface area (Å²) in [7, 11) is 4.30. The lowest BCUT2D eigenvalue weighted by atomic mass is 10.3. The van der Waals surface area contributed by atoms with Gasteiger partial charge in [-0.15, -0.1) is 0 Å². The van der Waals surface area contributed by atoms with Crippen LogP contribution in [0.2, 0.25) is 0 Å². The number of hydrogen-bond donors (Lipinski definition) is 4. The minimum absolute atomic E-state index is 0. The van der Waals surface area contributed by atoms with Gasteiger partial charge in [0.15, 0.2) is 0 Å². The summed E-state index contributed by atoms with van der Waals surface area (Å²) in [5.41, 5.74) is 0. The van der Waals surface area contributed by atoms with Gasteiger partial charge in [0.1, 0.15) is 6.61 Å². The van der Waals surface area contributed by atoms with Crippen LogP contribution in [0.15, 0.2) is 0 Å². The van der Waals surface area contributed by atoms with Crippen molar-refractivity contribution in [2.75, 3.05) is 47.6 Å². The maximum absolute atomic E-state index is 10.1. The minimum atomic E-state index is -0.506. The van der Waals surface area contributed by atoms with Crippen LogP contribution in [0.3, 0.4) is 0 Å². The summed E-state index contributed by atoms with van der Waals surface area (Å²) in [6, 6.07) is 0. The average molecular weight is 627 g/mol. The van der Waals surface area contributed by atoms with Crippen molar-refractivity contribution >= 4 is 23.9 Å². The molecule has 2 atom stereocenters. The zero-order chi connectivity index (χ0) is 28.7. The Morgan fingerprint density at radius 3 is 1.14 bits per heavy atom. The molecule has 0 spiro atoms. The topological polar surface area (TPSA) is 170 Å². The fourth-order valence-corrected chi connectivity index (χ4v) is 1.25. The SMILES string of the molecule is C.C.C.C.C.C.C.CCC(=O)OC.CCC(O)COC.CCC(O)COC(C)=O.CCNC(=O)OC.CCNC(C)=O. The summed E-state index contributed by atoms with van der Waals surface area (Å²) in [5.74, 6) is -0.463. The van der Waals surface area contributed by atoms with Gasteiger partial charge in [0.05, 0.1) is 33.0 Å². The molecule has 0 rings (SSSR count). The normalized spacial score (nSPS) is 8.57. The Labute approximate surface area is 262 Å². The molecule has 0 bridgehead atoms. The van der Waals surface area contributed by atoms with Crippen LogP contribution in [0.4, 0.5) is 4.79 Å². The fraction of sp³-hybridized carbons (Fsp3) is 0.867. The number of hydrogen-bond acceptors (Lipinski definition) is 10. The van der Waals surface area contributed by atoms with Crippen LogP contribution in [-0.2, 0) is 33.3 Å². The van der Waals surface area contributed by atoms with Crippen molar-refractivity contribution in [2.45, 2.75) is 132 Å². The van der Waals surface area contributed by atoms with Crippen molar-refractivity contribution in [3.05, 3.63) is 0 Å². The molecule has 0 aliphatic heterocycles. The molecule has 0 aromatic heterocycles. The molecular formula is C30H78N2O10. The zero-order valence-corrected chi connectivity index (χ0v) is 23.3. The second-order valence-corrected chi connectivity index (χ2v) is 6.42. The van der Waals surface area contributed by atoms with E-state index >= 15 is 0 Å². The third-order valence-corrected chi connectivity index (χ3v) is 3.23. The van der Waals surface area contributed by atoms with E-state index in [9.17, 15) is 19.2 Å². The number of nitrogens with one attached hydrogen (secondary N) is 2. The Morgan fingerprint density at radius 2 is 1.02 bits per heavy atom. The van der Waals surface area contributed by atoms with E-state index < -0.39 is 6.10 Å². The molecule has 0 aliphatic rings. The minimum Gasteiger partial charge on any atom is -0.469 e. The van der Waals surface area contributed by atoms with Gasteiger partial charge < -0.3 is 39.8 Å². The summed E-state index contributed by atoms with van der Waals surface area (Å²) in [4.78, 5) is 40.1. The number of carbonyl (C=O) groups is 4. The number of rotatable bonds is 9. The summed E-state index contributed by atoms with van der Waals surface area (Å²) in [6.07, 6.45) is 0.707. The average Bonchev–Trinajstić information content (AvgIpc) is 2.83. The van der Waals surface area contributed by atoms with Crippen LogP contribution in [0.1, 0.15) is 120 Å². The number of methoxy groups -OCH3 is 3.